The minimum Gasteiger partial charge on any atom is -0.595 e. The second-order valence-electron chi connectivity index (χ2n) is 6.08. The topological polar surface area (TPSA) is 89.7 Å². The maximum atomic E-state index is 11.5. The predicted octanol–water partition coefficient (Wildman–Crippen LogP) is 0.511. The molecule has 5 atom stereocenters. The van der Waals surface area contributed by atoms with Gasteiger partial charge in [-0.2, -0.15) is 5.23 Å². The first kappa shape index (κ1) is 15.1. The van der Waals surface area contributed by atoms with Crippen LogP contribution in [0.3, 0.4) is 0 Å². The predicted molar refractivity (Wildman–Crippen MR) is 73.1 cm³/mol. The van der Waals surface area contributed by atoms with Crippen LogP contribution in [0.25, 0.3) is 0 Å². The van der Waals surface area contributed by atoms with Crippen LogP contribution in [0.1, 0.15) is 39.0 Å². The molecule has 2 fully saturated rings. The van der Waals surface area contributed by atoms with E-state index < -0.39 is 5.23 Å². The largest absolute Gasteiger partial charge is 0.595 e. The van der Waals surface area contributed by atoms with Crippen LogP contribution in [0.2, 0.25) is 0 Å². The third-order valence-corrected chi connectivity index (χ3v) is 4.76. The number of hydrogen-bond acceptors (Lipinski definition) is 6. The van der Waals surface area contributed by atoms with Crippen molar-refractivity contribution in [1.29, 1.82) is 0 Å². The molecular formula is C14H24N2O5. The molecule has 3 rings (SSSR count). The fourth-order valence-corrected chi connectivity index (χ4v) is 3.67. The summed E-state index contributed by atoms with van der Waals surface area (Å²) in [5.41, 5.74) is 0.0932. The summed E-state index contributed by atoms with van der Waals surface area (Å²) in [5.74, 6) is -0.345. The molecule has 7 heteroatoms. The molecule has 3 aliphatic rings. The second-order valence-corrected chi connectivity index (χ2v) is 6.08. The monoisotopic (exact) mass is 300 g/mol. The Morgan fingerprint density at radius 2 is 2.19 bits per heavy atom. The number of nitrogens with one attached hydrogen (secondary N) is 1. The third kappa shape index (κ3) is 2.64. The molecule has 3 aliphatic heterocycles. The van der Waals surface area contributed by atoms with Gasteiger partial charge in [-0.25, -0.2) is 5.21 Å². The van der Waals surface area contributed by atoms with Crippen molar-refractivity contribution in [2.24, 2.45) is 5.92 Å². The summed E-state index contributed by atoms with van der Waals surface area (Å²) in [6.45, 7) is 3.21. The van der Waals surface area contributed by atoms with E-state index in [0.717, 1.165) is 25.7 Å². The lowest BCUT2D eigenvalue weighted by molar-refractivity contribution is -1.02. The average Bonchev–Trinajstić information content (AvgIpc) is 2.88. The Morgan fingerprint density at radius 3 is 2.90 bits per heavy atom. The summed E-state index contributed by atoms with van der Waals surface area (Å²) in [6.07, 6.45) is 4.42. The van der Waals surface area contributed by atoms with E-state index in [-0.39, 0.29) is 35.9 Å². The molecule has 0 spiro atoms. The second kappa shape index (κ2) is 6.10. The summed E-state index contributed by atoms with van der Waals surface area (Å²) in [4.78, 5) is 1.78. The van der Waals surface area contributed by atoms with E-state index in [1.54, 1.807) is 4.90 Å². The van der Waals surface area contributed by atoms with Gasteiger partial charge in [0, 0.05) is 6.54 Å². The normalized spacial score (nSPS) is 36.2. The Hall–Kier alpha value is -0.860. The van der Waals surface area contributed by atoms with Crippen LogP contribution in [0.15, 0.2) is 11.6 Å². The van der Waals surface area contributed by atoms with Gasteiger partial charge in [0.1, 0.15) is 0 Å². The van der Waals surface area contributed by atoms with Gasteiger partial charge < -0.3 is 24.7 Å². The van der Waals surface area contributed by atoms with Crippen molar-refractivity contribution >= 4 is 0 Å². The van der Waals surface area contributed by atoms with Gasteiger partial charge in [0.25, 0.3) is 0 Å². The number of nitrogens with zero attached hydrogens (tertiary/aromatic N) is 1. The molecule has 0 radical (unpaired) electrons. The first-order valence-corrected chi connectivity index (χ1v) is 7.83. The average molecular weight is 300 g/mol. The van der Waals surface area contributed by atoms with Gasteiger partial charge >= 0.3 is 0 Å². The standard InChI is InChI=1S/C14H24N2O5/c1-2-3-4-5-6-15-10-7-9(11-8-20-14(10)21-11)12(13(15)17)16(18)19/h9-11,14,16-18H,2-8H2,1H3/t9-,10+,11+,14+/m0/s1. The van der Waals surface area contributed by atoms with E-state index in [2.05, 4.69) is 6.92 Å². The number of aliphatic hydroxyl groups excluding tert-OH is 1. The fraction of sp³-hybridized carbons (Fsp3) is 0.857. The molecule has 1 unspecified atom stereocenters. The van der Waals surface area contributed by atoms with Gasteiger partial charge in [-0.3, -0.25) is 0 Å². The van der Waals surface area contributed by atoms with Gasteiger partial charge in [0.05, 0.1) is 24.7 Å². The summed E-state index contributed by atoms with van der Waals surface area (Å²) in [7, 11) is 0. The number of quaternary nitrogens is 1. The SMILES string of the molecule is CCCCCCN1C(O)=C([NH+]([O-])O)[C@H]2C[C@@H]1[C@@H]1OC[C@H]2O1. The van der Waals surface area contributed by atoms with Gasteiger partial charge in [-0.05, 0) is 12.8 Å². The van der Waals surface area contributed by atoms with Crippen LogP contribution in [0.4, 0.5) is 0 Å². The molecule has 120 valence electrons. The maximum Gasteiger partial charge on any atom is 0.250 e. The third-order valence-electron chi connectivity index (χ3n) is 4.76. The van der Waals surface area contributed by atoms with E-state index in [9.17, 15) is 15.5 Å². The van der Waals surface area contributed by atoms with Gasteiger partial charge in [-0.15, -0.1) is 0 Å². The summed E-state index contributed by atoms with van der Waals surface area (Å²) >= 11 is 0. The zero-order chi connectivity index (χ0) is 15.0. The van der Waals surface area contributed by atoms with Crippen molar-refractivity contribution in [1.82, 2.24) is 4.90 Å². The number of aliphatic hydroxyl groups is 1. The smallest absolute Gasteiger partial charge is 0.250 e. The number of ether oxygens (including phenoxy) is 2. The first-order valence-electron chi connectivity index (χ1n) is 7.83. The molecule has 3 heterocycles. The summed E-state index contributed by atoms with van der Waals surface area (Å²) in [6, 6.07) is -0.0709. The summed E-state index contributed by atoms with van der Waals surface area (Å²) < 4.78 is 11.4. The Labute approximate surface area is 124 Å². The van der Waals surface area contributed by atoms with E-state index in [1.807, 2.05) is 0 Å². The van der Waals surface area contributed by atoms with Gasteiger partial charge in [0.15, 0.2) is 6.29 Å². The zero-order valence-corrected chi connectivity index (χ0v) is 12.3. The molecule has 7 nitrogen and oxygen atoms in total. The van der Waals surface area contributed by atoms with Crippen LogP contribution in [-0.2, 0) is 9.47 Å². The quantitative estimate of drug-likeness (QED) is 0.489. The van der Waals surface area contributed by atoms with E-state index in [1.165, 1.54) is 0 Å². The lowest BCUT2D eigenvalue weighted by Gasteiger charge is -2.45. The highest BCUT2D eigenvalue weighted by atomic mass is 16.8. The fourth-order valence-electron chi connectivity index (χ4n) is 3.67. The van der Waals surface area contributed by atoms with Crippen molar-refractivity contribution in [3.63, 3.8) is 0 Å². The highest BCUT2D eigenvalue weighted by Gasteiger charge is 2.54. The van der Waals surface area contributed by atoms with Crippen LogP contribution in [-0.4, -0.2) is 46.8 Å². The number of rotatable bonds is 6. The molecule has 0 aromatic rings. The van der Waals surface area contributed by atoms with E-state index in [0.29, 0.717) is 19.6 Å². The highest BCUT2D eigenvalue weighted by Crippen LogP contribution is 2.42. The Kier molecular flexibility index (Phi) is 4.37. The molecule has 2 saturated heterocycles. The van der Waals surface area contributed by atoms with Crippen molar-refractivity contribution in [3.8, 4) is 0 Å². The molecule has 0 aromatic heterocycles. The zero-order valence-electron chi connectivity index (χ0n) is 12.3. The molecule has 4 bridgehead atoms. The molecular weight excluding hydrogens is 276 g/mol. The number of unbranched alkanes of at least 4 members (excludes halogenated alkanes) is 3. The van der Waals surface area contributed by atoms with E-state index >= 15 is 0 Å². The Bertz CT molecular complexity index is 414. The molecule has 0 saturated carbocycles. The lowest BCUT2D eigenvalue weighted by atomic mass is 9.85. The molecule has 21 heavy (non-hydrogen) atoms. The molecule has 3 N–H and O–H groups in total. The highest BCUT2D eigenvalue weighted by molar-refractivity contribution is 5.15. The van der Waals surface area contributed by atoms with Crippen molar-refractivity contribution in [2.75, 3.05) is 13.2 Å². The lowest BCUT2D eigenvalue weighted by Crippen LogP contribution is -3.04. The van der Waals surface area contributed by atoms with Crippen molar-refractivity contribution in [2.45, 2.75) is 57.5 Å². The number of hydrogen-bond donors (Lipinski definition) is 3. The molecule has 0 aliphatic carbocycles. The van der Waals surface area contributed by atoms with E-state index in [4.69, 9.17) is 9.47 Å². The van der Waals surface area contributed by atoms with Crippen LogP contribution in [0, 0.1) is 11.1 Å². The Morgan fingerprint density at radius 1 is 1.38 bits per heavy atom. The van der Waals surface area contributed by atoms with Crippen molar-refractivity contribution < 1.29 is 25.0 Å². The number of fused-ring (bicyclic) bond motifs is 6. The van der Waals surface area contributed by atoms with Gasteiger partial charge in [-0.1, -0.05) is 26.2 Å². The van der Waals surface area contributed by atoms with Gasteiger partial charge in [0.2, 0.25) is 11.6 Å². The number of hydroxylamine groups is 2. The van der Waals surface area contributed by atoms with Crippen LogP contribution >= 0.6 is 0 Å². The molecule has 0 aromatic carbocycles. The van der Waals surface area contributed by atoms with Crippen LogP contribution in [0.5, 0.6) is 0 Å². The summed E-state index contributed by atoms with van der Waals surface area (Å²) in [5, 5.41) is 30.3. The minimum atomic E-state index is -1.05. The van der Waals surface area contributed by atoms with Crippen molar-refractivity contribution in [3.05, 3.63) is 16.8 Å². The van der Waals surface area contributed by atoms with Crippen LogP contribution < -0.4 is 5.23 Å². The minimum absolute atomic E-state index is 0.0709. The molecule has 0 amide bonds. The Balaban J connectivity index is 1.80. The maximum absolute atomic E-state index is 11.5. The first-order chi connectivity index (χ1) is 10.1.